The Labute approximate surface area is 227 Å². The van der Waals surface area contributed by atoms with Crippen LogP contribution in [-0.4, -0.2) is 71.9 Å². The molecule has 4 rings (SSSR count). The standard InChI is InChI=1S/C29H33FN4O5/c1-3-38-28(36)7-5-6-27(35)33-18-16-32(17-19-33)23-12-8-21(9-13-23)26-20-25(29(37)39-4-2)31-34(26)24-14-10-22(30)11-15-24/h8-15,20H,3-7,16-19H2,1-2H3. The summed E-state index contributed by atoms with van der Waals surface area (Å²) in [5.74, 6) is -1.09. The van der Waals surface area contributed by atoms with Crippen LogP contribution in [0.5, 0.6) is 0 Å². The number of anilines is 1. The summed E-state index contributed by atoms with van der Waals surface area (Å²) >= 11 is 0. The molecule has 1 fully saturated rings. The first-order valence-corrected chi connectivity index (χ1v) is 13.2. The molecule has 2 aromatic carbocycles. The number of piperazine rings is 1. The Morgan fingerprint density at radius 2 is 1.49 bits per heavy atom. The molecule has 0 atom stereocenters. The smallest absolute Gasteiger partial charge is 0.358 e. The summed E-state index contributed by atoms with van der Waals surface area (Å²) in [7, 11) is 0. The number of amides is 1. The Hall–Kier alpha value is -4.21. The minimum absolute atomic E-state index is 0.0563. The molecule has 2 heterocycles. The zero-order chi connectivity index (χ0) is 27.8. The number of hydrogen-bond donors (Lipinski definition) is 0. The molecule has 0 bridgehead atoms. The van der Waals surface area contributed by atoms with Crippen LogP contribution in [0.15, 0.2) is 54.6 Å². The summed E-state index contributed by atoms with van der Waals surface area (Å²) in [4.78, 5) is 40.4. The maximum absolute atomic E-state index is 13.5. The Balaban J connectivity index is 1.42. The average molecular weight is 537 g/mol. The zero-order valence-corrected chi connectivity index (χ0v) is 22.3. The molecule has 0 unspecified atom stereocenters. The van der Waals surface area contributed by atoms with E-state index in [1.165, 1.54) is 12.1 Å². The highest BCUT2D eigenvalue weighted by Crippen LogP contribution is 2.27. The lowest BCUT2D eigenvalue weighted by Gasteiger charge is -2.36. The third-order valence-electron chi connectivity index (χ3n) is 6.50. The van der Waals surface area contributed by atoms with Gasteiger partial charge in [-0.05, 0) is 62.7 Å². The number of carbonyl (C=O) groups excluding carboxylic acids is 3. The molecule has 0 N–H and O–H groups in total. The number of ether oxygens (including phenoxy) is 2. The Morgan fingerprint density at radius 1 is 0.846 bits per heavy atom. The lowest BCUT2D eigenvalue weighted by Crippen LogP contribution is -2.48. The molecule has 39 heavy (non-hydrogen) atoms. The fraction of sp³-hybridized carbons (Fsp3) is 0.379. The van der Waals surface area contributed by atoms with Crippen molar-refractivity contribution in [3.05, 3.63) is 66.1 Å². The maximum Gasteiger partial charge on any atom is 0.358 e. The Kier molecular flexibility index (Phi) is 9.30. The Morgan fingerprint density at radius 3 is 2.13 bits per heavy atom. The van der Waals surface area contributed by atoms with Crippen molar-refractivity contribution in [1.29, 1.82) is 0 Å². The third-order valence-corrected chi connectivity index (χ3v) is 6.50. The molecule has 0 spiro atoms. The van der Waals surface area contributed by atoms with Crippen molar-refractivity contribution in [3.8, 4) is 16.9 Å². The van der Waals surface area contributed by atoms with Gasteiger partial charge >= 0.3 is 11.9 Å². The zero-order valence-electron chi connectivity index (χ0n) is 22.3. The fourth-order valence-electron chi connectivity index (χ4n) is 4.50. The minimum Gasteiger partial charge on any atom is -0.466 e. The van der Waals surface area contributed by atoms with E-state index in [2.05, 4.69) is 10.00 Å². The van der Waals surface area contributed by atoms with Crippen molar-refractivity contribution in [2.45, 2.75) is 33.1 Å². The average Bonchev–Trinajstić information content (AvgIpc) is 3.40. The molecule has 9 nitrogen and oxygen atoms in total. The van der Waals surface area contributed by atoms with Crippen molar-refractivity contribution in [2.75, 3.05) is 44.3 Å². The molecule has 1 aliphatic rings. The van der Waals surface area contributed by atoms with Crippen LogP contribution in [0.2, 0.25) is 0 Å². The van der Waals surface area contributed by atoms with E-state index >= 15 is 0 Å². The molecular formula is C29H33FN4O5. The number of rotatable bonds is 10. The number of carbonyl (C=O) groups is 3. The maximum atomic E-state index is 13.5. The lowest BCUT2D eigenvalue weighted by atomic mass is 10.1. The highest BCUT2D eigenvalue weighted by atomic mass is 19.1. The second-order valence-electron chi connectivity index (χ2n) is 9.10. The number of esters is 2. The van der Waals surface area contributed by atoms with Gasteiger partial charge in [0.2, 0.25) is 5.91 Å². The molecule has 3 aromatic rings. The third kappa shape index (κ3) is 7.01. The van der Waals surface area contributed by atoms with E-state index in [9.17, 15) is 18.8 Å². The van der Waals surface area contributed by atoms with Crippen molar-refractivity contribution in [3.63, 3.8) is 0 Å². The predicted octanol–water partition coefficient (Wildman–Crippen LogP) is 4.24. The van der Waals surface area contributed by atoms with Gasteiger partial charge in [0.15, 0.2) is 5.69 Å². The van der Waals surface area contributed by atoms with Crippen molar-refractivity contribution < 1.29 is 28.2 Å². The van der Waals surface area contributed by atoms with Crippen molar-refractivity contribution >= 4 is 23.5 Å². The number of benzene rings is 2. The van der Waals surface area contributed by atoms with E-state index in [0.29, 0.717) is 57.0 Å². The van der Waals surface area contributed by atoms with Crippen LogP contribution in [-0.2, 0) is 19.1 Å². The van der Waals surface area contributed by atoms with Crippen LogP contribution >= 0.6 is 0 Å². The SMILES string of the molecule is CCOC(=O)CCCC(=O)N1CCN(c2ccc(-c3cc(C(=O)OCC)nn3-c3ccc(F)cc3)cc2)CC1. The van der Waals surface area contributed by atoms with Gasteiger partial charge in [-0.2, -0.15) is 5.10 Å². The number of aromatic nitrogens is 2. The normalized spacial score (nSPS) is 13.3. The monoisotopic (exact) mass is 536 g/mol. The first kappa shape index (κ1) is 27.8. The van der Waals surface area contributed by atoms with Gasteiger partial charge in [0, 0.05) is 50.3 Å². The van der Waals surface area contributed by atoms with E-state index in [4.69, 9.17) is 9.47 Å². The second kappa shape index (κ2) is 13.0. The first-order chi connectivity index (χ1) is 18.9. The van der Waals surface area contributed by atoms with Gasteiger partial charge in [0.25, 0.3) is 0 Å². The van der Waals surface area contributed by atoms with Gasteiger partial charge in [-0.1, -0.05) is 12.1 Å². The molecule has 0 saturated carbocycles. The van der Waals surface area contributed by atoms with E-state index in [-0.39, 0.29) is 36.4 Å². The van der Waals surface area contributed by atoms with Gasteiger partial charge in [-0.15, -0.1) is 0 Å². The summed E-state index contributed by atoms with van der Waals surface area (Å²) in [6.45, 7) is 6.70. The molecule has 0 aliphatic carbocycles. The summed E-state index contributed by atoms with van der Waals surface area (Å²) < 4.78 is 25.2. The van der Waals surface area contributed by atoms with Crippen LogP contribution in [0.1, 0.15) is 43.6 Å². The largest absolute Gasteiger partial charge is 0.466 e. The van der Waals surface area contributed by atoms with E-state index in [1.54, 1.807) is 36.7 Å². The molecule has 1 saturated heterocycles. The van der Waals surface area contributed by atoms with Gasteiger partial charge in [0.1, 0.15) is 5.82 Å². The van der Waals surface area contributed by atoms with Crippen LogP contribution in [0, 0.1) is 5.82 Å². The molecule has 0 radical (unpaired) electrons. The van der Waals surface area contributed by atoms with E-state index in [1.807, 2.05) is 29.2 Å². The second-order valence-corrected chi connectivity index (χ2v) is 9.10. The topological polar surface area (TPSA) is 94.0 Å². The molecular weight excluding hydrogens is 503 g/mol. The summed E-state index contributed by atoms with van der Waals surface area (Å²) in [5, 5.41) is 4.43. The van der Waals surface area contributed by atoms with E-state index in [0.717, 1.165) is 11.3 Å². The van der Waals surface area contributed by atoms with Crippen LogP contribution in [0.4, 0.5) is 10.1 Å². The van der Waals surface area contributed by atoms with Crippen molar-refractivity contribution in [2.24, 2.45) is 0 Å². The quantitative estimate of drug-likeness (QED) is 0.358. The highest BCUT2D eigenvalue weighted by molar-refractivity contribution is 5.89. The minimum atomic E-state index is -0.524. The van der Waals surface area contributed by atoms with Gasteiger partial charge in [-0.25, -0.2) is 13.9 Å². The van der Waals surface area contributed by atoms with E-state index < -0.39 is 5.97 Å². The lowest BCUT2D eigenvalue weighted by molar-refractivity contribution is -0.143. The molecule has 1 amide bonds. The molecule has 1 aromatic heterocycles. The molecule has 206 valence electrons. The predicted molar refractivity (Wildman–Crippen MR) is 144 cm³/mol. The summed E-state index contributed by atoms with van der Waals surface area (Å²) in [5.41, 5.74) is 3.32. The van der Waals surface area contributed by atoms with Crippen LogP contribution in [0.25, 0.3) is 16.9 Å². The van der Waals surface area contributed by atoms with Gasteiger partial charge in [-0.3, -0.25) is 9.59 Å². The van der Waals surface area contributed by atoms with Crippen LogP contribution in [0.3, 0.4) is 0 Å². The Bertz CT molecular complexity index is 1280. The number of halogens is 1. The fourth-order valence-corrected chi connectivity index (χ4v) is 4.50. The molecule has 10 heteroatoms. The first-order valence-electron chi connectivity index (χ1n) is 13.2. The number of nitrogens with zero attached hydrogens (tertiary/aromatic N) is 4. The van der Waals surface area contributed by atoms with Gasteiger partial charge < -0.3 is 19.3 Å². The van der Waals surface area contributed by atoms with Gasteiger partial charge in [0.05, 0.1) is 24.6 Å². The summed E-state index contributed by atoms with van der Waals surface area (Å²) in [6.07, 6.45) is 1.09. The summed E-state index contributed by atoms with van der Waals surface area (Å²) in [6, 6.07) is 15.5. The highest BCUT2D eigenvalue weighted by Gasteiger charge is 2.22. The molecule has 1 aliphatic heterocycles. The van der Waals surface area contributed by atoms with Crippen LogP contribution < -0.4 is 4.90 Å². The van der Waals surface area contributed by atoms with Crippen molar-refractivity contribution in [1.82, 2.24) is 14.7 Å². The number of hydrogen-bond acceptors (Lipinski definition) is 7.